The monoisotopic (exact) mass is 615 g/mol. The Kier molecular flexibility index (Phi) is 7.42. The summed E-state index contributed by atoms with van der Waals surface area (Å²) in [6.07, 6.45) is -1.77. The number of para-hydroxylation sites is 1. The van der Waals surface area contributed by atoms with Crippen molar-refractivity contribution in [1.29, 1.82) is 0 Å². The van der Waals surface area contributed by atoms with Crippen molar-refractivity contribution in [2.75, 3.05) is 5.32 Å². The predicted octanol–water partition coefficient (Wildman–Crippen LogP) is 3.55. The zero-order valence-electron chi connectivity index (χ0n) is 26.6. The largest absolute Gasteiger partial charge is 0.469 e. The molecule has 5 N–H and O–H groups in total. The Morgan fingerprint density at radius 3 is 2.49 bits per heavy atom. The molecule has 3 aromatic rings. The van der Waals surface area contributed by atoms with Crippen LogP contribution >= 0.6 is 0 Å². The van der Waals surface area contributed by atoms with Gasteiger partial charge in [-0.2, -0.15) is 0 Å². The van der Waals surface area contributed by atoms with Crippen molar-refractivity contribution in [3.63, 3.8) is 0 Å². The van der Waals surface area contributed by atoms with Gasteiger partial charge in [0.15, 0.2) is 17.7 Å². The number of aliphatic hydroxyl groups excluding tert-OH is 1. The lowest BCUT2D eigenvalue weighted by molar-refractivity contribution is -0.135. The van der Waals surface area contributed by atoms with Crippen molar-refractivity contribution >= 4 is 23.4 Å². The summed E-state index contributed by atoms with van der Waals surface area (Å²) in [6, 6.07) is 11.7. The molecule has 0 saturated heterocycles. The Hall–Kier alpha value is -4.38. The van der Waals surface area contributed by atoms with Gasteiger partial charge in [-0.05, 0) is 55.9 Å². The van der Waals surface area contributed by atoms with Gasteiger partial charge in [-0.1, -0.05) is 58.0 Å². The summed E-state index contributed by atoms with van der Waals surface area (Å²) in [6.45, 7) is 13.0. The molecule has 2 unspecified atom stereocenters. The van der Waals surface area contributed by atoms with E-state index >= 15 is 0 Å². The second-order valence-corrected chi connectivity index (χ2v) is 13.9. The standard InChI is InChI=1S/C34H41N5O6/c1-16(2)24-31-38-25(29(42)39-33(5,6)7)27(45-31)34-19-10-8-9-11-21(19)36-32(34)44-23-13-12-18(14-20(23)34)15-22(28(41)37-24)35-30(43)26(40)17(3)4/h8-14,16-17,22,24,26,32,36,40H,15H2,1-7H3,(H,35,43)(H,37,41)(H,39,42)/t22-,24-,26-,32?,34?/m0/s1. The number of amides is 3. The number of hydrogen-bond donors (Lipinski definition) is 5. The first kappa shape index (κ1) is 30.6. The van der Waals surface area contributed by atoms with Gasteiger partial charge in [0.25, 0.3) is 5.91 Å². The average Bonchev–Trinajstić information content (AvgIpc) is 3.62. The lowest BCUT2D eigenvalue weighted by Gasteiger charge is -2.29. The van der Waals surface area contributed by atoms with E-state index in [4.69, 9.17) is 14.1 Å². The first-order valence-electron chi connectivity index (χ1n) is 15.5. The van der Waals surface area contributed by atoms with E-state index in [0.29, 0.717) is 11.5 Å². The van der Waals surface area contributed by atoms with E-state index in [-0.39, 0.29) is 29.8 Å². The van der Waals surface area contributed by atoms with E-state index in [1.54, 1.807) is 13.8 Å². The Morgan fingerprint density at radius 2 is 1.80 bits per heavy atom. The number of fused-ring (bicyclic) bond motifs is 4. The van der Waals surface area contributed by atoms with Crippen LogP contribution in [0.2, 0.25) is 0 Å². The van der Waals surface area contributed by atoms with Crippen LogP contribution in [0.15, 0.2) is 46.9 Å². The third kappa shape index (κ3) is 5.12. The third-order valence-electron chi connectivity index (χ3n) is 8.65. The molecule has 0 radical (unpaired) electrons. The van der Waals surface area contributed by atoms with E-state index in [0.717, 1.165) is 22.4 Å². The number of hydrogen-bond acceptors (Lipinski definition) is 8. The molecule has 238 valence electrons. The van der Waals surface area contributed by atoms with Crippen LogP contribution in [0.1, 0.15) is 93.3 Å². The molecule has 2 aromatic carbocycles. The molecule has 3 amide bonds. The second-order valence-electron chi connectivity index (χ2n) is 13.9. The van der Waals surface area contributed by atoms with Gasteiger partial charge in [-0.3, -0.25) is 14.4 Å². The fraction of sp³-hybridized carbons (Fsp3) is 0.471. The molecule has 11 nitrogen and oxygen atoms in total. The number of carbonyl (C=O) groups is 3. The minimum atomic E-state index is -1.28. The Morgan fingerprint density at radius 1 is 1.07 bits per heavy atom. The van der Waals surface area contributed by atoms with Crippen LogP contribution < -0.4 is 26.0 Å². The van der Waals surface area contributed by atoms with Crippen molar-refractivity contribution in [2.45, 2.75) is 90.3 Å². The predicted molar refractivity (Wildman–Crippen MR) is 167 cm³/mol. The number of oxazole rings is 1. The highest BCUT2D eigenvalue weighted by Gasteiger charge is 2.61. The number of carbonyl (C=O) groups excluding carboxylic acids is 3. The van der Waals surface area contributed by atoms with Gasteiger partial charge in [0.1, 0.15) is 29.4 Å². The maximum Gasteiger partial charge on any atom is 0.273 e. The summed E-state index contributed by atoms with van der Waals surface area (Å²) >= 11 is 0. The molecule has 5 atom stereocenters. The van der Waals surface area contributed by atoms with Gasteiger partial charge in [0, 0.05) is 23.2 Å². The number of anilines is 1. The smallest absolute Gasteiger partial charge is 0.273 e. The quantitative estimate of drug-likeness (QED) is 0.292. The molecule has 4 heterocycles. The fourth-order valence-corrected chi connectivity index (χ4v) is 6.42. The number of nitrogens with one attached hydrogen (secondary N) is 4. The first-order valence-corrected chi connectivity index (χ1v) is 15.5. The molecular formula is C34H41N5O6. The highest BCUT2D eigenvalue weighted by atomic mass is 16.5. The third-order valence-corrected chi connectivity index (χ3v) is 8.65. The maximum absolute atomic E-state index is 14.0. The van der Waals surface area contributed by atoms with Gasteiger partial charge < -0.3 is 35.5 Å². The number of benzene rings is 2. The average molecular weight is 616 g/mol. The van der Waals surface area contributed by atoms with Crippen LogP contribution in [0.25, 0.3) is 0 Å². The Labute approximate surface area is 262 Å². The summed E-state index contributed by atoms with van der Waals surface area (Å²) in [5.74, 6) is -0.950. The van der Waals surface area contributed by atoms with Crippen molar-refractivity contribution < 1.29 is 28.6 Å². The lowest BCUT2D eigenvalue weighted by atomic mass is 9.72. The van der Waals surface area contributed by atoms with Gasteiger partial charge >= 0.3 is 0 Å². The highest BCUT2D eigenvalue weighted by molar-refractivity contribution is 5.95. The first-order chi connectivity index (χ1) is 21.2. The lowest BCUT2D eigenvalue weighted by Crippen LogP contribution is -2.52. The van der Waals surface area contributed by atoms with Crippen molar-refractivity contribution in [2.24, 2.45) is 11.8 Å². The van der Waals surface area contributed by atoms with Crippen molar-refractivity contribution in [1.82, 2.24) is 20.9 Å². The summed E-state index contributed by atoms with van der Waals surface area (Å²) < 4.78 is 13.2. The van der Waals surface area contributed by atoms with Crippen LogP contribution in [-0.4, -0.2) is 51.7 Å². The van der Waals surface area contributed by atoms with E-state index < -0.39 is 53.1 Å². The van der Waals surface area contributed by atoms with Crippen LogP contribution in [0, 0.1) is 11.8 Å². The summed E-state index contributed by atoms with van der Waals surface area (Å²) in [4.78, 5) is 45.7. The van der Waals surface area contributed by atoms with Gasteiger partial charge in [-0.15, -0.1) is 0 Å². The molecule has 0 fully saturated rings. The van der Waals surface area contributed by atoms with Gasteiger partial charge in [0.05, 0.1) is 0 Å². The SMILES string of the molecule is CC(C)[C@H](O)C(=O)N[C@H]1Cc2ccc3c(c2)C2(c4ccccc4NC2O3)c2oc(nc2C(=O)NC(C)(C)C)[C@H](C(C)C)NC1=O. The number of aliphatic hydroxyl groups is 1. The normalized spacial score (nSPS) is 24.0. The number of aromatic nitrogens is 1. The van der Waals surface area contributed by atoms with Gasteiger partial charge in [-0.25, -0.2) is 4.98 Å². The zero-order valence-corrected chi connectivity index (χ0v) is 26.6. The highest BCUT2D eigenvalue weighted by Crippen LogP contribution is 2.58. The van der Waals surface area contributed by atoms with E-state index in [1.165, 1.54) is 0 Å². The van der Waals surface area contributed by atoms with Crippen molar-refractivity contribution in [3.05, 3.63) is 76.5 Å². The van der Waals surface area contributed by atoms with Gasteiger partial charge in [0.2, 0.25) is 17.7 Å². The topological polar surface area (TPSA) is 155 Å². The van der Waals surface area contributed by atoms with E-state index in [2.05, 4.69) is 21.3 Å². The second kappa shape index (κ2) is 10.9. The molecule has 0 saturated carbocycles. The van der Waals surface area contributed by atoms with Crippen molar-refractivity contribution in [3.8, 4) is 5.75 Å². The molecule has 1 aromatic heterocycles. The van der Waals surface area contributed by atoms with Crippen LogP contribution in [-0.2, 0) is 21.4 Å². The van der Waals surface area contributed by atoms with Crippen LogP contribution in [0.3, 0.4) is 0 Å². The van der Waals surface area contributed by atoms with Crippen LogP contribution in [0.4, 0.5) is 5.69 Å². The maximum atomic E-state index is 14.0. The molecule has 4 bridgehead atoms. The number of rotatable bonds is 5. The van der Waals surface area contributed by atoms with Crippen LogP contribution in [0.5, 0.6) is 5.75 Å². The molecule has 6 rings (SSSR count). The molecule has 0 aliphatic carbocycles. The molecule has 3 aliphatic rings. The molecule has 11 heteroatoms. The zero-order chi connectivity index (χ0) is 32.4. The fourth-order valence-electron chi connectivity index (χ4n) is 6.42. The summed E-state index contributed by atoms with van der Waals surface area (Å²) in [7, 11) is 0. The number of nitrogens with zero attached hydrogens (tertiary/aromatic N) is 1. The minimum absolute atomic E-state index is 0.106. The Bertz CT molecular complexity index is 1670. The summed E-state index contributed by atoms with van der Waals surface area (Å²) in [5, 5.41) is 22.8. The minimum Gasteiger partial charge on any atom is -0.469 e. The van der Waals surface area contributed by atoms with E-state index in [9.17, 15) is 19.5 Å². The number of ether oxygens (including phenoxy) is 1. The van der Waals surface area contributed by atoms with E-state index in [1.807, 2.05) is 77.1 Å². The molecular weight excluding hydrogens is 574 g/mol. The molecule has 3 aliphatic heterocycles. The summed E-state index contributed by atoms with van der Waals surface area (Å²) in [5.41, 5.74) is 1.67. The molecule has 1 spiro atoms. The Balaban J connectivity index is 1.60. The molecule has 45 heavy (non-hydrogen) atoms.